The Morgan fingerprint density at radius 3 is 2.59 bits per heavy atom. The average Bonchev–Trinajstić information content (AvgIpc) is 2.48. The van der Waals surface area contributed by atoms with Crippen LogP contribution in [0.2, 0.25) is 0 Å². The van der Waals surface area contributed by atoms with Gasteiger partial charge >= 0.3 is 10.1 Å². The van der Waals surface area contributed by atoms with Crippen LogP contribution in [-0.4, -0.2) is 14.3 Å². The molecule has 0 heterocycles. The van der Waals surface area contributed by atoms with Crippen LogP contribution in [0.1, 0.15) is 12.5 Å². The van der Waals surface area contributed by atoms with Crippen LogP contribution < -0.4 is 9.50 Å². The molecule has 0 saturated carbocycles. The third-order valence-corrected chi connectivity index (χ3v) is 3.88. The number of carbonyl (C=O) groups is 1. The van der Waals surface area contributed by atoms with Gasteiger partial charge in [-0.3, -0.25) is 4.79 Å². The van der Waals surface area contributed by atoms with Crippen molar-refractivity contribution in [3.05, 3.63) is 54.1 Å². The van der Waals surface area contributed by atoms with E-state index in [0.29, 0.717) is 0 Å². The number of benzene rings is 2. The summed E-state index contributed by atoms with van der Waals surface area (Å²) in [5, 5.41) is 11.3. The minimum atomic E-state index is -4.11. The van der Waals surface area contributed by atoms with Crippen molar-refractivity contribution in [1.29, 1.82) is 5.26 Å². The van der Waals surface area contributed by atoms with Crippen molar-refractivity contribution in [3.8, 4) is 11.8 Å². The second-order valence-electron chi connectivity index (χ2n) is 4.35. The van der Waals surface area contributed by atoms with Crippen LogP contribution in [0.5, 0.6) is 5.75 Å². The molecule has 0 aromatic heterocycles. The van der Waals surface area contributed by atoms with Crippen LogP contribution in [-0.2, 0) is 14.9 Å². The van der Waals surface area contributed by atoms with Gasteiger partial charge in [-0.2, -0.15) is 13.7 Å². The van der Waals surface area contributed by atoms with Crippen LogP contribution in [0.25, 0.3) is 0 Å². The van der Waals surface area contributed by atoms with Crippen LogP contribution in [0.15, 0.2) is 53.4 Å². The number of anilines is 1. The van der Waals surface area contributed by atoms with Gasteiger partial charge in [0.2, 0.25) is 5.91 Å². The SMILES string of the molecule is CC(=O)Nc1ccccc1OS(=O)(=O)c1cccc(C#N)c1. The van der Waals surface area contributed by atoms with Crippen molar-refractivity contribution in [2.24, 2.45) is 0 Å². The molecule has 0 saturated heterocycles. The summed E-state index contributed by atoms with van der Waals surface area (Å²) in [6.07, 6.45) is 0. The fourth-order valence-electron chi connectivity index (χ4n) is 1.72. The largest absolute Gasteiger partial charge is 0.377 e. The summed E-state index contributed by atoms with van der Waals surface area (Å²) < 4.78 is 29.6. The predicted molar refractivity (Wildman–Crippen MR) is 79.7 cm³/mol. The molecule has 2 rings (SSSR count). The summed E-state index contributed by atoms with van der Waals surface area (Å²) in [7, 11) is -4.11. The molecule has 2 aromatic rings. The van der Waals surface area contributed by atoms with E-state index in [4.69, 9.17) is 9.44 Å². The molecule has 0 aliphatic carbocycles. The Morgan fingerprint density at radius 2 is 1.91 bits per heavy atom. The zero-order valence-electron chi connectivity index (χ0n) is 11.6. The maximum absolute atomic E-state index is 12.3. The lowest BCUT2D eigenvalue weighted by Gasteiger charge is -2.11. The minimum absolute atomic E-state index is 0.0000562. The Morgan fingerprint density at radius 1 is 1.18 bits per heavy atom. The van der Waals surface area contributed by atoms with E-state index >= 15 is 0 Å². The predicted octanol–water partition coefficient (Wildman–Crippen LogP) is 2.28. The number of amides is 1. The van der Waals surface area contributed by atoms with Crippen molar-refractivity contribution in [2.45, 2.75) is 11.8 Å². The summed E-state index contributed by atoms with van der Waals surface area (Å²) in [6.45, 7) is 1.31. The number of para-hydroxylation sites is 2. The Labute approximate surface area is 128 Å². The van der Waals surface area contributed by atoms with Gasteiger partial charge in [-0.05, 0) is 30.3 Å². The molecule has 7 heteroatoms. The Hall–Kier alpha value is -2.85. The Bertz CT molecular complexity index is 854. The summed E-state index contributed by atoms with van der Waals surface area (Å²) in [5.41, 5.74) is 0.454. The van der Waals surface area contributed by atoms with E-state index in [1.165, 1.54) is 43.3 Å². The van der Waals surface area contributed by atoms with Gasteiger partial charge in [0.05, 0.1) is 17.3 Å². The van der Waals surface area contributed by atoms with Crippen LogP contribution >= 0.6 is 0 Å². The number of hydrogen-bond acceptors (Lipinski definition) is 5. The topological polar surface area (TPSA) is 96.3 Å². The molecule has 0 unspecified atom stereocenters. The number of hydrogen-bond donors (Lipinski definition) is 1. The van der Waals surface area contributed by atoms with Gasteiger partial charge < -0.3 is 9.50 Å². The highest BCUT2D eigenvalue weighted by molar-refractivity contribution is 7.87. The molecule has 0 radical (unpaired) electrons. The number of rotatable bonds is 4. The molecule has 0 atom stereocenters. The highest BCUT2D eigenvalue weighted by Crippen LogP contribution is 2.27. The molecule has 0 aliphatic rings. The maximum Gasteiger partial charge on any atom is 0.339 e. The normalized spacial score (nSPS) is 10.5. The third-order valence-electron chi connectivity index (χ3n) is 2.65. The molecule has 1 amide bonds. The van der Waals surface area contributed by atoms with Gasteiger partial charge in [-0.25, -0.2) is 0 Å². The average molecular weight is 316 g/mol. The number of nitriles is 1. The molecule has 0 aliphatic heterocycles. The lowest BCUT2D eigenvalue weighted by Crippen LogP contribution is -2.13. The second kappa shape index (κ2) is 6.28. The molecule has 1 N–H and O–H groups in total. The van der Waals surface area contributed by atoms with Gasteiger partial charge in [0.25, 0.3) is 0 Å². The van der Waals surface area contributed by atoms with Crippen molar-refractivity contribution >= 4 is 21.7 Å². The first-order valence-electron chi connectivity index (χ1n) is 6.23. The van der Waals surface area contributed by atoms with Gasteiger partial charge in [-0.1, -0.05) is 18.2 Å². The van der Waals surface area contributed by atoms with Gasteiger partial charge in [0.1, 0.15) is 4.90 Å². The highest BCUT2D eigenvalue weighted by Gasteiger charge is 2.19. The highest BCUT2D eigenvalue weighted by atomic mass is 32.2. The fourth-order valence-corrected chi connectivity index (χ4v) is 2.71. The van der Waals surface area contributed by atoms with E-state index in [-0.39, 0.29) is 27.8 Å². The van der Waals surface area contributed by atoms with Gasteiger partial charge in [0.15, 0.2) is 5.75 Å². The maximum atomic E-state index is 12.3. The first-order chi connectivity index (χ1) is 10.4. The standard InChI is InChI=1S/C15H12N2O4S/c1-11(18)17-14-7-2-3-8-15(14)21-22(19,20)13-6-4-5-12(9-13)10-16/h2-9H,1H3,(H,17,18). The number of nitrogens with zero attached hydrogens (tertiary/aromatic N) is 1. The lowest BCUT2D eigenvalue weighted by atomic mass is 10.2. The first-order valence-corrected chi connectivity index (χ1v) is 7.64. The van der Waals surface area contributed by atoms with Crippen molar-refractivity contribution in [3.63, 3.8) is 0 Å². The van der Waals surface area contributed by atoms with E-state index in [1.807, 2.05) is 6.07 Å². The molecule has 0 spiro atoms. The number of carbonyl (C=O) groups excluding carboxylic acids is 1. The zero-order chi connectivity index (χ0) is 16.2. The molecule has 2 aromatic carbocycles. The van der Waals surface area contributed by atoms with Crippen LogP contribution in [0.3, 0.4) is 0 Å². The molecule has 6 nitrogen and oxygen atoms in total. The van der Waals surface area contributed by atoms with E-state index < -0.39 is 10.1 Å². The lowest BCUT2D eigenvalue weighted by molar-refractivity contribution is -0.114. The minimum Gasteiger partial charge on any atom is -0.377 e. The third kappa shape index (κ3) is 3.62. The summed E-state index contributed by atoms with van der Waals surface area (Å²) >= 11 is 0. The number of nitrogens with one attached hydrogen (secondary N) is 1. The molecule has 112 valence electrons. The molecule has 0 fully saturated rings. The quantitative estimate of drug-likeness (QED) is 0.873. The molecular formula is C15H12N2O4S. The zero-order valence-corrected chi connectivity index (χ0v) is 12.4. The first kappa shape index (κ1) is 15.5. The fraction of sp³-hybridized carbons (Fsp3) is 0.0667. The monoisotopic (exact) mass is 316 g/mol. The van der Waals surface area contributed by atoms with Crippen molar-refractivity contribution in [2.75, 3.05) is 5.32 Å². The van der Waals surface area contributed by atoms with Crippen molar-refractivity contribution in [1.82, 2.24) is 0 Å². The van der Waals surface area contributed by atoms with E-state index in [1.54, 1.807) is 12.1 Å². The molecule has 22 heavy (non-hydrogen) atoms. The Balaban J connectivity index is 2.37. The smallest absolute Gasteiger partial charge is 0.339 e. The Kier molecular flexibility index (Phi) is 4.44. The van der Waals surface area contributed by atoms with Crippen LogP contribution in [0.4, 0.5) is 5.69 Å². The van der Waals surface area contributed by atoms with E-state index in [9.17, 15) is 13.2 Å². The molecular weight excluding hydrogens is 304 g/mol. The second-order valence-corrected chi connectivity index (χ2v) is 5.90. The molecule has 0 bridgehead atoms. The summed E-state index contributed by atoms with van der Waals surface area (Å²) in [6, 6.07) is 13.5. The van der Waals surface area contributed by atoms with Gasteiger partial charge in [-0.15, -0.1) is 0 Å². The summed E-state index contributed by atoms with van der Waals surface area (Å²) in [4.78, 5) is 11.0. The van der Waals surface area contributed by atoms with Crippen LogP contribution in [0, 0.1) is 11.3 Å². The van der Waals surface area contributed by atoms with E-state index in [2.05, 4.69) is 5.32 Å². The van der Waals surface area contributed by atoms with Crippen molar-refractivity contribution < 1.29 is 17.4 Å². The van der Waals surface area contributed by atoms with E-state index in [0.717, 1.165) is 0 Å². The summed E-state index contributed by atoms with van der Waals surface area (Å²) in [5.74, 6) is -0.347. The van der Waals surface area contributed by atoms with Gasteiger partial charge in [0, 0.05) is 6.92 Å².